The van der Waals surface area contributed by atoms with Gasteiger partial charge in [0.05, 0.1) is 5.69 Å². The lowest BCUT2D eigenvalue weighted by Gasteiger charge is -2.20. The van der Waals surface area contributed by atoms with Gasteiger partial charge in [-0.25, -0.2) is 4.39 Å². The second-order valence-electron chi connectivity index (χ2n) is 5.56. The summed E-state index contributed by atoms with van der Waals surface area (Å²) < 4.78 is 14.2. The van der Waals surface area contributed by atoms with E-state index in [1.807, 2.05) is 18.2 Å². The molecule has 1 fully saturated rings. The lowest BCUT2D eigenvalue weighted by atomic mass is 9.99. The van der Waals surface area contributed by atoms with Gasteiger partial charge in [-0.3, -0.25) is 4.79 Å². The van der Waals surface area contributed by atoms with E-state index in [1.54, 1.807) is 12.1 Å². The lowest BCUT2D eigenvalue weighted by molar-refractivity contribution is 0.101. The molecule has 108 valence electrons. The van der Waals surface area contributed by atoms with Crippen LogP contribution in [0.3, 0.4) is 0 Å². The highest BCUT2D eigenvalue weighted by Crippen LogP contribution is 2.32. The fourth-order valence-electron chi connectivity index (χ4n) is 2.96. The van der Waals surface area contributed by atoms with E-state index in [1.165, 1.54) is 18.6 Å². The van der Waals surface area contributed by atoms with Crippen LogP contribution in [-0.4, -0.2) is 18.9 Å². The van der Waals surface area contributed by atoms with Gasteiger partial charge in [0, 0.05) is 24.6 Å². The SMILES string of the molecule is CC(=O)c1ccc(N2CCC(c3ccccc3)C2)c(F)c1. The van der Waals surface area contributed by atoms with Crippen LogP contribution in [0.2, 0.25) is 0 Å². The maximum absolute atomic E-state index is 14.2. The number of Topliss-reactive ketones (excluding diaryl/α,β-unsaturated/α-hetero) is 1. The molecule has 21 heavy (non-hydrogen) atoms. The molecule has 1 atom stereocenters. The molecule has 0 radical (unpaired) electrons. The first-order valence-corrected chi connectivity index (χ1v) is 7.25. The molecular formula is C18H18FNO. The van der Waals surface area contributed by atoms with Crippen molar-refractivity contribution in [2.45, 2.75) is 19.3 Å². The second kappa shape index (κ2) is 5.68. The van der Waals surface area contributed by atoms with E-state index in [9.17, 15) is 9.18 Å². The zero-order valence-electron chi connectivity index (χ0n) is 12.1. The predicted octanol–water partition coefficient (Wildman–Crippen LogP) is 4.02. The molecule has 3 heteroatoms. The maximum atomic E-state index is 14.2. The first-order chi connectivity index (χ1) is 10.1. The molecule has 0 bridgehead atoms. The summed E-state index contributed by atoms with van der Waals surface area (Å²) in [4.78, 5) is 13.4. The third-order valence-electron chi connectivity index (χ3n) is 4.15. The summed E-state index contributed by atoms with van der Waals surface area (Å²) >= 11 is 0. The van der Waals surface area contributed by atoms with Gasteiger partial charge in [0.25, 0.3) is 0 Å². The van der Waals surface area contributed by atoms with Crippen LogP contribution in [0.4, 0.5) is 10.1 Å². The van der Waals surface area contributed by atoms with Crippen LogP contribution < -0.4 is 4.90 Å². The second-order valence-corrected chi connectivity index (χ2v) is 5.56. The van der Waals surface area contributed by atoms with E-state index in [0.29, 0.717) is 17.2 Å². The van der Waals surface area contributed by atoms with Gasteiger partial charge in [0.2, 0.25) is 0 Å². The first kappa shape index (κ1) is 13.8. The van der Waals surface area contributed by atoms with Crippen molar-refractivity contribution in [1.29, 1.82) is 0 Å². The first-order valence-electron chi connectivity index (χ1n) is 7.25. The van der Waals surface area contributed by atoms with Crippen molar-refractivity contribution in [3.8, 4) is 0 Å². The summed E-state index contributed by atoms with van der Waals surface area (Å²) in [6.45, 7) is 3.12. The molecule has 3 rings (SSSR count). The van der Waals surface area contributed by atoms with E-state index in [-0.39, 0.29) is 11.6 Å². The number of halogens is 1. The minimum atomic E-state index is -0.309. The lowest BCUT2D eigenvalue weighted by Crippen LogP contribution is -2.20. The molecule has 1 aliphatic heterocycles. The summed E-state index contributed by atoms with van der Waals surface area (Å²) in [5.74, 6) is 0.0264. The Balaban J connectivity index is 1.79. The van der Waals surface area contributed by atoms with Gasteiger partial charge in [-0.05, 0) is 37.1 Å². The van der Waals surface area contributed by atoms with Crippen LogP contribution >= 0.6 is 0 Å². The molecule has 1 saturated heterocycles. The van der Waals surface area contributed by atoms with Crippen molar-refractivity contribution < 1.29 is 9.18 Å². The zero-order chi connectivity index (χ0) is 14.8. The largest absolute Gasteiger partial charge is 0.369 e. The topological polar surface area (TPSA) is 20.3 Å². The molecule has 0 aliphatic carbocycles. The number of ketones is 1. The molecule has 2 nitrogen and oxygen atoms in total. The van der Waals surface area contributed by atoms with Crippen LogP contribution in [0, 0.1) is 5.82 Å². The number of hydrogen-bond donors (Lipinski definition) is 0. The summed E-state index contributed by atoms with van der Waals surface area (Å²) in [5, 5.41) is 0. The van der Waals surface area contributed by atoms with Gasteiger partial charge >= 0.3 is 0 Å². The predicted molar refractivity (Wildman–Crippen MR) is 82.4 cm³/mol. The Morgan fingerprint density at radius 3 is 2.62 bits per heavy atom. The third-order valence-corrected chi connectivity index (χ3v) is 4.15. The molecule has 0 aromatic heterocycles. The molecule has 1 unspecified atom stereocenters. The van der Waals surface area contributed by atoms with Gasteiger partial charge in [0.15, 0.2) is 5.78 Å². The van der Waals surface area contributed by atoms with Gasteiger partial charge < -0.3 is 4.90 Å². The van der Waals surface area contributed by atoms with Crippen molar-refractivity contribution >= 4 is 11.5 Å². The molecule has 0 spiro atoms. The van der Waals surface area contributed by atoms with E-state index in [2.05, 4.69) is 17.0 Å². The van der Waals surface area contributed by atoms with Gasteiger partial charge in [-0.15, -0.1) is 0 Å². The Morgan fingerprint density at radius 1 is 1.19 bits per heavy atom. The number of rotatable bonds is 3. The quantitative estimate of drug-likeness (QED) is 0.793. The smallest absolute Gasteiger partial charge is 0.159 e. The Kier molecular flexibility index (Phi) is 3.74. The number of nitrogens with zero attached hydrogens (tertiary/aromatic N) is 1. The van der Waals surface area contributed by atoms with Crippen LogP contribution in [0.15, 0.2) is 48.5 Å². The van der Waals surface area contributed by atoms with Crippen molar-refractivity contribution in [2.24, 2.45) is 0 Å². The number of anilines is 1. The maximum Gasteiger partial charge on any atom is 0.159 e. The highest BCUT2D eigenvalue weighted by molar-refractivity contribution is 5.94. The fourth-order valence-corrected chi connectivity index (χ4v) is 2.96. The normalized spacial score (nSPS) is 18.0. The fraction of sp³-hybridized carbons (Fsp3) is 0.278. The molecule has 0 N–H and O–H groups in total. The Bertz CT molecular complexity index is 654. The number of hydrogen-bond acceptors (Lipinski definition) is 2. The van der Waals surface area contributed by atoms with E-state index in [0.717, 1.165) is 19.5 Å². The molecule has 1 heterocycles. The van der Waals surface area contributed by atoms with E-state index < -0.39 is 0 Å². The minimum Gasteiger partial charge on any atom is -0.369 e. The molecular weight excluding hydrogens is 265 g/mol. The van der Waals surface area contributed by atoms with Crippen molar-refractivity contribution in [3.63, 3.8) is 0 Å². The third kappa shape index (κ3) is 2.82. The van der Waals surface area contributed by atoms with Crippen LogP contribution in [0.25, 0.3) is 0 Å². The molecule has 2 aromatic carbocycles. The molecule has 1 aliphatic rings. The van der Waals surface area contributed by atoms with Crippen molar-refractivity contribution in [1.82, 2.24) is 0 Å². The molecule has 2 aromatic rings. The molecule has 0 amide bonds. The highest BCUT2D eigenvalue weighted by Gasteiger charge is 2.25. The highest BCUT2D eigenvalue weighted by atomic mass is 19.1. The molecule has 0 saturated carbocycles. The number of carbonyl (C=O) groups is 1. The standard InChI is InChI=1S/C18H18FNO/c1-13(21)15-7-8-18(17(19)11-15)20-10-9-16(12-20)14-5-3-2-4-6-14/h2-8,11,16H,9-10,12H2,1H3. The minimum absolute atomic E-state index is 0.107. The summed E-state index contributed by atoms with van der Waals surface area (Å²) in [5.41, 5.74) is 2.33. The van der Waals surface area contributed by atoms with Crippen molar-refractivity contribution in [2.75, 3.05) is 18.0 Å². The van der Waals surface area contributed by atoms with Gasteiger partial charge in [-0.2, -0.15) is 0 Å². The monoisotopic (exact) mass is 283 g/mol. The number of benzene rings is 2. The average Bonchev–Trinajstić information content (AvgIpc) is 2.97. The van der Waals surface area contributed by atoms with Gasteiger partial charge in [-0.1, -0.05) is 30.3 Å². The van der Waals surface area contributed by atoms with E-state index >= 15 is 0 Å². The number of carbonyl (C=O) groups excluding carboxylic acids is 1. The average molecular weight is 283 g/mol. The summed E-state index contributed by atoms with van der Waals surface area (Å²) in [6.07, 6.45) is 1.03. The summed E-state index contributed by atoms with van der Waals surface area (Å²) in [7, 11) is 0. The Morgan fingerprint density at radius 2 is 1.95 bits per heavy atom. The van der Waals surface area contributed by atoms with Crippen molar-refractivity contribution in [3.05, 3.63) is 65.5 Å². The van der Waals surface area contributed by atoms with E-state index in [4.69, 9.17) is 0 Å². The zero-order valence-corrected chi connectivity index (χ0v) is 12.1. The van der Waals surface area contributed by atoms with Gasteiger partial charge in [0.1, 0.15) is 5.82 Å². The Hall–Kier alpha value is -2.16. The summed E-state index contributed by atoms with van der Waals surface area (Å²) in [6, 6.07) is 15.1. The van der Waals surface area contributed by atoms with Crippen LogP contribution in [0.1, 0.15) is 35.2 Å². The van der Waals surface area contributed by atoms with Crippen LogP contribution in [-0.2, 0) is 0 Å². The van der Waals surface area contributed by atoms with Crippen LogP contribution in [0.5, 0.6) is 0 Å². The Labute approximate surface area is 124 Å².